The van der Waals surface area contributed by atoms with E-state index < -0.39 is 10.0 Å². The predicted molar refractivity (Wildman–Crippen MR) is 139 cm³/mol. The summed E-state index contributed by atoms with van der Waals surface area (Å²) in [5.41, 5.74) is 1.93. The number of nitrogens with zero attached hydrogens (tertiary/aromatic N) is 3. The first-order valence-corrected chi connectivity index (χ1v) is 13.7. The first-order valence-electron chi connectivity index (χ1n) is 11.4. The molecular formula is C24H33ClN4O3S2. The standard InChI is InChI=1S/C24H32N4O3S2.ClH/c1-5-12-28(13-6-2)33(30,31)19-9-7-18(8-10-19)23(29)26-24-21(15-25)20-11-14-27(17(3)4)16-22(20)32-24;/h7-10,17H,5-6,11-14,16H2,1-4H3,(H,26,29);1H. The van der Waals surface area contributed by atoms with Gasteiger partial charge in [0.2, 0.25) is 10.0 Å². The molecule has 7 nitrogen and oxygen atoms in total. The molecule has 1 N–H and O–H groups in total. The Labute approximate surface area is 213 Å². The van der Waals surface area contributed by atoms with Crippen LogP contribution in [0.1, 0.15) is 66.9 Å². The van der Waals surface area contributed by atoms with Crippen molar-refractivity contribution >= 4 is 44.7 Å². The van der Waals surface area contributed by atoms with Crippen molar-refractivity contribution in [3.8, 4) is 6.07 Å². The maximum Gasteiger partial charge on any atom is 0.256 e. The average Bonchev–Trinajstić information content (AvgIpc) is 3.14. The lowest BCUT2D eigenvalue weighted by atomic mass is 10.0. The van der Waals surface area contributed by atoms with Crippen molar-refractivity contribution in [2.75, 3.05) is 25.0 Å². The van der Waals surface area contributed by atoms with Crippen LogP contribution in [0.5, 0.6) is 0 Å². The van der Waals surface area contributed by atoms with E-state index in [4.69, 9.17) is 0 Å². The van der Waals surface area contributed by atoms with E-state index in [0.717, 1.165) is 42.8 Å². The number of hydrogen-bond donors (Lipinski definition) is 1. The first kappa shape index (κ1) is 28.3. The van der Waals surface area contributed by atoms with E-state index in [1.165, 1.54) is 39.9 Å². The zero-order chi connectivity index (χ0) is 24.2. The van der Waals surface area contributed by atoms with Crippen LogP contribution in [0, 0.1) is 11.3 Å². The second-order valence-electron chi connectivity index (χ2n) is 8.52. The monoisotopic (exact) mass is 524 g/mol. The Morgan fingerprint density at radius 1 is 1.21 bits per heavy atom. The summed E-state index contributed by atoms with van der Waals surface area (Å²) < 4.78 is 27.4. The van der Waals surface area contributed by atoms with Gasteiger partial charge in [0, 0.05) is 42.7 Å². The molecule has 2 heterocycles. The van der Waals surface area contributed by atoms with Gasteiger partial charge in [0.05, 0.1) is 10.5 Å². The zero-order valence-electron chi connectivity index (χ0n) is 20.1. The Balaban J connectivity index is 0.00000408. The lowest BCUT2D eigenvalue weighted by Crippen LogP contribution is -2.35. The molecule has 0 saturated carbocycles. The average molecular weight is 525 g/mol. The minimum atomic E-state index is -3.60. The van der Waals surface area contributed by atoms with Crippen LogP contribution in [-0.4, -0.2) is 49.2 Å². The highest BCUT2D eigenvalue weighted by atomic mass is 35.5. The number of hydrogen-bond acceptors (Lipinski definition) is 6. The number of sulfonamides is 1. The summed E-state index contributed by atoms with van der Waals surface area (Å²) in [5.74, 6) is -0.353. The van der Waals surface area contributed by atoms with E-state index in [-0.39, 0.29) is 23.2 Å². The van der Waals surface area contributed by atoms with Crippen molar-refractivity contribution in [1.82, 2.24) is 9.21 Å². The normalized spacial score (nSPS) is 13.9. The summed E-state index contributed by atoms with van der Waals surface area (Å²) >= 11 is 1.45. The molecule has 0 bridgehead atoms. The van der Waals surface area contributed by atoms with Crippen molar-refractivity contribution in [1.29, 1.82) is 5.26 Å². The van der Waals surface area contributed by atoms with Crippen LogP contribution in [0.2, 0.25) is 0 Å². The topological polar surface area (TPSA) is 93.5 Å². The van der Waals surface area contributed by atoms with Gasteiger partial charge in [0.15, 0.2) is 0 Å². The number of fused-ring (bicyclic) bond motifs is 1. The molecular weight excluding hydrogens is 492 g/mol. The van der Waals surface area contributed by atoms with Crippen molar-refractivity contribution < 1.29 is 13.2 Å². The highest BCUT2D eigenvalue weighted by Gasteiger charge is 2.27. The van der Waals surface area contributed by atoms with Crippen molar-refractivity contribution in [2.45, 2.75) is 64.4 Å². The minimum absolute atomic E-state index is 0. The summed E-state index contributed by atoms with van der Waals surface area (Å²) in [5, 5.41) is 13.1. The van der Waals surface area contributed by atoms with Crippen molar-refractivity contribution in [3.63, 3.8) is 0 Å². The van der Waals surface area contributed by atoms with Gasteiger partial charge in [-0.25, -0.2) is 8.42 Å². The Hall–Kier alpha value is -1.96. The smallest absolute Gasteiger partial charge is 0.256 e. The van der Waals surface area contributed by atoms with E-state index >= 15 is 0 Å². The summed E-state index contributed by atoms with van der Waals surface area (Å²) in [4.78, 5) is 16.5. The number of amides is 1. The molecule has 0 spiro atoms. The van der Waals surface area contributed by atoms with Crippen LogP contribution >= 0.6 is 23.7 Å². The van der Waals surface area contributed by atoms with Crippen molar-refractivity contribution in [2.24, 2.45) is 0 Å². The van der Waals surface area contributed by atoms with E-state index in [0.29, 0.717) is 35.3 Å². The van der Waals surface area contributed by atoms with Gasteiger partial charge < -0.3 is 5.32 Å². The van der Waals surface area contributed by atoms with Gasteiger partial charge >= 0.3 is 0 Å². The molecule has 186 valence electrons. The highest BCUT2D eigenvalue weighted by molar-refractivity contribution is 7.89. The molecule has 0 radical (unpaired) electrons. The number of carbonyl (C=O) groups excluding carboxylic acids is 1. The fraction of sp³-hybridized carbons (Fsp3) is 0.500. The number of carbonyl (C=O) groups is 1. The van der Waals surface area contributed by atoms with E-state index in [1.54, 1.807) is 0 Å². The second kappa shape index (κ2) is 12.1. The Bertz CT molecular complexity index is 1130. The molecule has 10 heteroatoms. The maximum absolute atomic E-state index is 12.9. The van der Waals surface area contributed by atoms with Gasteiger partial charge in [0.25, 0.3) is 5.91 Å². The number of nitrogens with one attached hydrogen (secondary N) is 1. The van der Waals surface area contributed by atoms with Gasteiger partial charge in [-0.15, -0.1) is 23.7 Å². The van der Waals surface area contributed by atoms with Crippen LogP contribution in [0.4, 0.5) is 5.00 Å². The Kier molecular flexibility index (Phi) is 10.1. The van der Waals surface area contributed by atoms with E-state index in [1.807, 2.05) is 13.8 Å². The molecule has 1 amide bonds. The number of anilines is 1. The van der Waals surface area contributed by atoms with Gasteiger partial charge in [-0.2, -0.15) is 9.57 Å². The van der Waals surface area contributed by atoms with Crippen LogP contribution in [0.25, 0.3) is 0 Å². The van der Waals surface area contributed by atoms with Gasteiger partial charge in [-0.1, -0.05) is 13.8 Å². The third kappa shape index (κ3) is 5.99. The molecule has 0 fully saturated rings. The highest BCUT2D eigenvalue weighted by Crippen LogP contribution is 2.37. The fourth-order valence-corrected chi connectivity index (χ4v) is 6.87. The summed E-state index contributed by atoms with van der Waals surface area (Å²) in [6.07, 6.45) is 2.27. The first-order chi connectivity index (χ1) is 15.7. The summed E-state index contributed by atoms with van der Waals surface area (Å²) in [6.45, 7) is 10.8. The third-order valence-corrected chi connectivity index (χ3v) is 8.90. The lowest BCUT2D eigenvalue weighted by molar-refractivity contribution is 0.102. The molecule has 1 aromatic heterocycles. The Morgan fingerprint density at radius 3 is 2.35 bits per heavy atom. The summed E-state index contributed by atoms with van der Waals surface area (Å²) in [6, 6.07) is 8.69. The van der Waals surface area contributed by atoms with Gasteiger partial charge in [-0.3, -0.25) is 9.69 Å². The molecule has 1 aliphatic rings. The van der Waals surface area contributed by atoms with E-state index in [9.17, 15) is 18.5 Å². The van der Waals surface area contributed by atoms with Crippen LogP contribution < -0.4 is 5.32 Å². The molecule has 0 unspecified atom stereocenters. The van der Waals surface area contributed by atoms with Gasteiger partial charge in [0.1, 0.15) is 11.1 Å². The fourth-order valence-electron chi connectivity index (χ4n) is 4.02. The minimum Gasteiger partial charge on any atom is -0.312 e. The SMILES string of the molecule is CCCN(CCC)S(=O)(=O)c1ccc(C(=O)Nc2sc3c(c2C#N)CCN(C(C)C)C3)cc1.Cl. The molecule has 1 aromatic carbocycles. The molecule has 34 heavy (non-hydrogen) atoms. The number of rotatable bonds is 9. The molecule has 1 aliphatic heterocycles. The van der Waals surface area contributed by atoms with Crippen LogP contribution in [-0.2, 0) is 23.0 Å². The van der Waals surface area contributed by atoms with Crippen molar-refractivity contribution in [3.05, 3.63) is 45.8 Å². The Morgan fingerprint density at radius 2 is 1.82 bits per heavy atom. The molecule has 2 aromatic rings. The molecule has 3 rings (SSSR count). The largest absolute Gasteiger partial charge is 0.312 e. The summed E-state index contributed by atoms with van der Waals surface area (Å²) in [7, 11) is -3.60. The van der Waals surface area contributed by atoms with E-state index in [2.05, 4.69) is 30.1 Å². The third-order valence-electron chi connectivity index (χ3n) is 5.86. The lowest BCUT2D eigenvalue weighted by Gasteiger charge is -2.30. The second-order valence-corrected chi connectivity index (χ2v) is 11.6. The zero-order valence-corrected chi connectivity index (χ0v) is 22.6. The number of nitriles is 1. The number of thiophene rings is 1. The molecule has 0 atom stereocenters. The van der Waals surface area contributed by atoms with Gasteiger partial charge in [-0.05, 0) is 62.9 Å². The van der Waals surface area contributed by atoms with Crippen LogP contribution in [0.15, 0.2) is 29.2 Å². The molecule has 0 saturated heterocycles. The quantitative estimate of drug-likeness (QED) is 0.505. The number of halogens is 1. The van der Waals surface area contributed by atoms with Crippen LogP contribution in [0.3, 0.4) is 0 Å². The predicted octanol–water partition coefficient (Wildman–Crippen LogP) is 4.87. The number of benzene rings is 1. The molecule has 0 aliphatic carbocycles. The maximum atomic E-state index is 12.9.